The number of ether oxygens (including phenoxy) is 1. The molecule has 0 saturated heterocycles. The fourth-order valence-electron chi connectivity index (χ4n) is 2.78. The van der Waals surface area contributed by atoms with Crippen molar-refractivity contribution in [3.63, 3.8) is 0 Å². The molecule has 4 nitrogen and oxygen atoms in total. The Morgan fingerprint density at radius 1 is 1.23 bits per heavy atom. The van der Waals surface area contributed by atoms with E-state index < -0.39 is 6.10 Å². The zero-order chi connectivity index (χ0) is 15.3. The van der Waals surface area contributed by atoms with Gasteiger partial charge in [-0.15, -0.1) is 11.3 Å². The minimum absolute atomic E-state index is 0.299. The van der Waals surface area contributed by atoms with Crippen molar-refractivity contribution in [1.29, 1.82) is 0 Å². The van der Waals surface area contributed by atoms with E-state index in [-0.39, 0.29) is 6.10 Å². The van der Waals surface area contributed by atoms with Crippen LogP contribution in [0.3, 0.4) is 0 Å². The molecule has 2 atom stereocenters. The van der Waals surface area contributed by atoms with Crippen LogP contribution in [0.15, 0.2) is 40.3 Å². The highest BCUT2D eigenvalue weighted by Gasteiger charge is 2.35. The molecule has 0 radical (unpaired) electrons. The number of benzene rings is 1. The predicted octanol–water partition coefficient (Wildman–Crippen LogP) is 3.92. The van der Waals surface area contributed by atoms with Crippen molar-refractivity contribution in [2.75, 3.05) is 0 Å². The number of aryl methyl sites for hydroxylation is 2. The third-order valence-electron chi connectivity index (χ3n) is 4.07. The van der Waals surface area contributed by atoms with Crippen LogP contribution in [0.25, 0.3) is 0 Å². The lowest BCUT2D eigenvalue weighted by Gasteiger charge is -2.27. The van der Waals surface area contributed by atoms with Crippen LogP contribution in [0.5, 0.6) is 5.95 Å². The molecule has 1 N–H and O–H groups in total. The number of furan rings is 1. The van der Waals surface area contributed by atoms with Gasteiger partial charge >= 0.3 is 0 Å². The molecule has 0 bridgehead atoms. The van der Waals surface area contributed by atoms with Crippen molar-refractivity contribution in [1.82, 2.24) is 4.98 Å². The van der Waals surface area contributed by atoms with Crippen LogP contribution in [0.1, 0.15) is 45.2 Å². The van der Waals surface area contributed by atoms with E-state index in [0.29, 0.717) is 11.6 Å². The first-order valence-corrected chi connectivity index (χ1v) is 7.97. The molecule has 112 valence electrons. The fraction of sp³-hybridized carbons (Fsp3) is 0.235. The molecule has 2 heterocycles. The van der Waals surface area contributed by atoms with Crippen LogP contribution in [0.4, 0.5) is 0 Å². The van der Waals surface area contributed by atoms with E-state index in [1.165, 1.54) is 11.3 Å². The number of hydrogen-bond donors (Lipinski definition) is 1. The van der Waals surface area contributed by atoms with E-state index in [1.807, 2.05) is 44.2 Å². The quantitative estimate of drug-likeness (QED) is 0.779. The first kappa shape index (κ1) is 13.5. The maximum Gasteiger partial charge on any atom is 0.285 e. The molecule has 4 rings (SSSR count). The van der Waals surface area contributed by atoms with Gasteiger partial charge in [0, 0.05) is 11.6 Å². The summed E-state index contributed by atoms with van der Waals surface area (Å²) in [5, 5.41) is 10.5. The van der Waals surface area contributed by atoms with E-state index in [0.717, 1.165) is 27.3 Å². The molecule has 0 spiro atoms. The first-order valence-electron chi connectivity index (χ1n) is 7.09. The smallest absolute Gasteiger partial charge is 0.285 e. The van der Waals surface area contributed by atoms with E-state index >= 15 is 0 Å². The van der Waals surface area contributed by atoms with E-state index in [1.54, 1.807) is 5.51 Å². The molecular weight excluding hydrogens is 298 g/mol. The second kappa shape index (κ2) is 4.97. The van der Waals surface area contributed by atoms with Crippen LogP contribution in [-0.4, -0.2) is 10.1 Å². The molecule has 0 amide bonds. The predicted molar refractivity (Wildman–Crippen MR) is 83.3 cm³/mol. The maximum atomic E-state index is 10.5. The van der Waals surface area contributed by atoms with Crippen molar-refractivity contribution in [3.05, 3.63) is 68.9 Å². The maximum absolute atomic E-state index is 10.5. The van der Waals surface area contributed by atoms with E-state index in [2.05, 4.69) is 4.98 Å². The van der Waals surface area contributed by atoms with Gasteiger partial charge in [-0.05, 0) is 25.0 Å². The third kappa shape index (κ3) is 1.97. The van der Waals surface area contributed by atoms with Crippen molar-refractivity contribution in [3.8, 4) is 5.95 Å². The minimum Gasteiger partial charge on any atom is -0.451 e. The highest BCUT2D eigenvalue weighted by Crippen LogP contribution is 2.44. The van der Waals surface area contributed by atoms with Gasteiger partial charge in [0.25, 0.3) is 5.95 Å². The van der Waals surface area contributed by atoms with Gasteiger partial charge in [-0.1, -0.05) is 24.3 Å². The number of aliphatic hydroxyl groups excluding tert-OH is 1. The highest BCUT2D eigenvalue weighted by atomic mass is 32.1. The van der Waals surface area contributed by atoms with Crippen LogP contribution in [0, 0.1) is 13.8 Å². The molecule has 1 aliphatic carbocycles. The Morgan fingerprint density at radius 2 is 2.00 bits per heavy atom. The molecule has 1 aromatic carbocycles. The topological polar surface area (TPSA) is 55.5 Å². The Hall–Kier alpha value is -2.11. The number of thiazole rings is 1. The van der Waals surface area contributed by atoms with Crippen molar-refractivity contribution in [2.45, 2.75) is 26.1 Å². The minimum atomic E-state index is -0.697. The first-order chi connectivity index (χ1) is 10.6. The normalized spacial score (nSPS) is 19.6. The molecule has 2 unspecified atom stereocenters. The zero-order valence-corrected chi connectivity index (χ0v) is 13.1. The van der Waals surface area contributed by atoms with Gasteiger partial charge < -0.3 is 14.3 Å². The lowest BCUT2D eigenvalue weighted by molar-refractivity contribution is 0.160. The summed E-state index contributed by atoms with van der Waals surface area (Å²) in [4.78, 5) is 5.24. The summed E-state index contributed by atoms with van der Waals surface area (Å²) in [7, 11) is 0. The standard InChI is InChI=1S/C17H15NO3S/c1-9-7-13(20-10(9)2)21-16-12-6-4-3-5-11(12)15(19)14-17(16)22-8-18-14/h3-8,15-16,19H,1-2H3. The van der Waals surface area contributed by atoms with Gasteiger partial charge in [0.2, 0.25) is 0 Å². The molecule has 1 aliphatic rings. The zero-order valence-electron chi connectivity index (χ0n) is 12.2. The summed E-state index contributed by atoms with van der Waals surface area (Å²) in [5.74, 6) is 1.34. The molecular formula is C17H15NO3S. The lowest BCUT2D eigenvalue weighted by atomic mass is 9.89. The van der Waals surface area contributed by atoms with Crippen molar-refractivity contribution in [2.24, 2.45) is 0 Å². The van der Waals surface area contributed by atoms with Gasteiger partial charge in [-0.25, -0.2) is 4.98 Å². The van der Waals surface area contributed by atoms with Crippen LogP contribution in [0.2, 0.25) is 0 Å². The second-order valence-corrected chi connectivity index (χ2v) is 6.32. The summed E-state index contributed by atoms with van der Waals surface area (Å²) in [5.41, 5.74) is 5.27. The van der Waals surface area contributed by atoms with E-state index in [9.17, 15) is 5.11 Å². The van der Waals surface area contributed by atoms with Crippen LogP contribution in [-0.2, 0) is 0 Å². The molecule has 22 heavy (non-hydrogen) atoms. The molecule has 5 heteroatoms. The summed E-state index contributed by atoms with van der Waals surface area (Å²) in [6.07, 6.45) is -0.996. The van der Waals surface area contributed by atoms with Crippen molar-refractivity contribution < 1.29 is 14.3 Å². The highest BCUT2D eigenvalue weighted by molar-refractivity contribution is 7.09. The number of nitrogens with zero attached hydrogens (tertiary/aromatic N) is 1. The van der Waals surface area contributed by atoms with Gasteiger partial charge in [0.15, 0.2) is 6.10 Å². The molecule has 0 saturated carbocycles. The second-order valence-electron chi connectivity index (χ2n) is 5.44. The number of rotatable bonds is 2. The molecule has 3 aromatic rings. The fourth-order valence-corrected chi connectivity index (χ4v) is 3.65. The van der Waals surface area contributed by atoms with Gasteiger partial charge in [-0.3, -0.25) is 0 Å². The summed E-state index contributed by atoms with van der Waals surface area (Å²) in [6, 6.07) is 9.65. The Balaban J connectivity index is 1.81. The summed E-state index contributed by atoms with van der Waals surface area (Å²) >= 11 is 1.49. The largest absolute Gasteiger partial charge is 0.451 e. The molecule has 0 aliphatic heterocycles. The Bertz CT molecular complexity index is 817. The summed E-state index contributed by atoms with van der Waals surface area (Å²) in [6.45, 7) is 3.90. The number of aliphatic hydroxyl groups is 1. The van der Waals surface area contributed by atoms with Crippen LogP contribution < -0.4 is 4.74 Å². The SMILES string of the molecule is Cc1cc(OC2c3ccccc3C(O)c3ncsc32)oc1C. The molecule has 2 aromatic heterocycles. The lowest BCUT2D eigenvalue weighted by Crippen LogP contribution is -2.20. The van der Waals surface area contributed by atoms with E-state index in [4.69, 9.17) is 9.15 Å². The Morgan fingerprint density at radius 3 is 2.73 bits per heavy atom. The van der Waals surface area contributed by atoms with Gasteiger partial charge in [0.05, 0.1) is 16.1 Å². The average Bonchev–Trinajstić information content (AvgIpc) is 3.11. The summed E-state index contributed by atoms with van der Waals surface area (Å²) < 4.78 is 11.8. The van der Waals surface area contributed by atoms with Gasteiger partial charge in [0.1, 0.15) is 11.9 Å². The van der Waals surface area contributed by atoms with Crippen LogP contribution >= 0.6 is 11.3 Å². The van der Waals surface area contributed by atoms with Crippen molar-refractivity contribution >= 4 is 11.3 Å². The Labute approximate surface area is 132 Å². The molecule has 0 fully saturated rings. The average molecular weight is 313 g/mol. The monoisotopic (exact) mass is 313 g/mol. The number of hydrogen-bond acceptors (Lipinski definition) is 5. The number of fused-ring (bicyclic) bond motifs is 2. The van der Waals surface area contributed by atoms with Gasteiger partial charge in [-0.2, -0.15) is 0 Å². The third-order valence-corrected chi connectivity index (χ3v) is 4.96. The number of aromatic nitrogens is 1. The Kier molecular flexibility index (Phi) is 3.06.